The molecule has 0 aliphatic rings. The fourth-order valence-electron chi connectivity index (χ4n) is 1.76. The zero-order chi connectivity index (χ0) is 14.0. The Hall–Kier alpha value is -2.43. The highest BCUT2D eigenvalue weighted by Crippen LogP contribution is 2.25. The molecular weight excluding hydrogens is 249 g/mol. The van der Waals surface area contributed by atoms with E-state index < -0.39 is 11.8 Å². The molecule has 2 aromatic rings. The number of carboxylic acid groups (broad SMARTS) is 1. The second-order valence-electron chi connectivity index (χ2n) is 4.24. The highest BCUT2D eigenvalue weighted by atomic mass is 19.1. The van der Waals surface area contributed by atoms with Crippen LogP contribution in [0.15, 0.2) is 30.5 Å². The van der Waals surface area contributed by atoms with Gasteiger partial charge in [0.05, 0.1) is 6.20 Å². The number of halogens is 1. The summed E-state index contributed by atoms with van der Waals surface area (Å²) in [5.74, 6) is -1.66. The molecule has 0 spiro atoms. The van der Waals surface area contributed by atoms with Gasteiger partial charge >= 0.3 is 5.97 Å². The van der Waals surface area contributed by atoms with Crippen LogP contribution in [0.4, 0.5) is 4.39 Å². The Morgan fingerprint density at radius 3 is 2.42 bits per heavy atom. The van der Waals surface area contributed by atoms with Crippen LogP contribution in [0.3, 0.4) is 0 Å². The van der Waals surface area contributed by atoms with E-state index in [1.165, 1.54) is 0 Å². The maximum atomic E-state index is 13.0. The van der Waals surface area contributed by atoms with Crippen molar-refractivity contribution in [2.75, 3.05) is 0 Å². The number of rotatable bonds is 3. The zero-order valence-corrected chi connectivity index (χ0v) is 10.5. The number of nitrogens with zero attached hydrogens (tertiary/aromatic N) is 1. The molecule has 2 rings (SSSR count). The first-order valence-electron chi connectivity index (χ1n) is 5.60. The average molecular weight is 261 g/mol. The van der Waals surface area contributed by atoms with E-state index in [1.807, 2.05) is 19.9 Å². The molecule has 98 valence electrons. The average Bonchev–Trinajstić information content (AvgIpc) is 2.30. The number of hydrogen-bond donors (Lipinski definition) is 1. The third kappa shape index (κ3) is 3.07. The van der Waals surface area contributed by atoms with Crippen molar-refractivity contribution in [1.29, 1.82) is 0 Å². The van der Waals surface area contributed by atoms with Crippen LogP contribution < -0.4 is 4.74 Å². The molecular formula is C14H12FNO3. The Morgan fingerprint density at radius 1 is 1.21 bits per heavy atom. The van der Waals surface area contributed by atoms with Gasteiger partial charge in [-0.2, -0.15) is 0 Å². The lowest BCUT2D eigenvalue weighted by atomic mass is 10.1. The lowest BCUT2D eigenvalue weighted by molar-refractivity contribution is 0.0692. The Balaban J connectivity index is 2.40. The number of aryl methyl sites for hydroxylation is 2. The van der Waals surface area contributed by atoms with Crippen molar-refractivity contribution in [1.82, 2.24) is 4.98 Å². The molecule has 5 heteroatoms. The van der Waals surface area contributed by atoms with Crippen LogP contribution in [0.1, 0.15) is 21.5 Å². The Labute approximate surface area is 109 Å². The summed E-state index contributed by atoms with van der Waals surface area (Å²) in [6.07, 6.45) is 0.921. The van der Waals surface area contributed by atoms with Crippen LogP contribution in [0.2, 0.25) is 0 Å². The first-order valence-corrected chi connectivity index (χ1v) is 5.60. The van der Waals surface area contributed by atoms with Gasteiger partial charge < -0.3 is 9.84 Å². The van der Waals surface area contributed by atoms with Crippen molar-refractivity contribution in [3.63, 3.8) is 0 Å². The standard InChI is InChI=1S/C14H12FNO3/c1-8-3-9(2)5-11(4-8)19-13-12(14(17)18)6-10(15)7-16-13/h3-7H,1-2H3,(H,17,18). The zero-order valence-electron chi connectivity index (χ0n) is 10.5. The van der Waals surface area contributed by atoms with E-state index in [0.717, 1.165) is 23.4 Å². The highest BCUT2D eigenvalue weighted by Gasteiger charge is 2.15. The van der Waals surface area contributed by atoms with Crippen molar-refractivity contribution in [3.8, 4) is 11.6 Å². The molecule has 0 aliphatic carbocycles. The van der Waals surface area contributed by atoms with E-state index in [2.05, 4.69) is 4.98 Å². The third-order valence-corrected chi connectivity index (χ3v) is 2.46. The van der Waals surface area contributed by atoms with Crippen molar-refractivity contribution in [2.24, 2.45) is 0 Å². The number of benzene rings is 1. The van der Waals surface area contributed by atoms with Gasteiger partial charge in [-0.25, -0.2) is 14.2 Å². The molecule has 1 aromatic heterocycles. The minimum atomic E-state index is -1.29. The van der Waals surface area contributed by atoms with E-state index in [1.54, 1.807) is 12.1 Å². The van der Waals surface area contributed by atoms with Gasteiger partial charge in [0.15, 0.2) is 0 Å². The summed E-state index contributed by atoms with van der Waals surface area (Å²) in [5.41, 5.74) is 1.65. The summed E-state index contributed by atoms with van der Waals surface area (Å²) in [6.45, 7) is 3.80. The normalized spacial score (nSPS) is 10.3. The molecule has 0 saturated carbocycles. The molecule has 0 fully saturated rings. The number of pyridine rings is 1. The molecule has 1 aromatic carbocycles. The van der Waals surface area contributed by atoms with Gasteiger partial charge in [-0.05, 0) is 43.2 Å². The Morgan fingerprint density at radius 2 is 1.84 bits per heavy atom. The molecule has 0 bridgehead atoms. The number of ether oxygens (including phenoxy) is 1. The quantitative estimate of drug-likeness (QED) is 0.920. The molecule has 4 nitrogen and oxygen atoms in total. The molecule has 0 aliphatic heterocycles. The smallest absolute Gasteiger partial charge is 0.341 e. The van der Waals surface area contributed by atoms with Crippen LogP contribution in [-0.4, -0.2) is 16.1 Å². The summed E-state index contributed by atoms with van der Waals surface area (Å²) in [5, 5.41) is 8.99. The monoisotopic (exact) mass is 261 g/mol. The number of aromatic carboxylic acids is 1. The van der Waals surface area contributed by atoms with E-state index in [-0.39, 0.29) is 11.4 Å². The summed E-state index contributed by atoms with van der Waals surface area (Å²) >= 11 is 0. The maximum Gasteiger partial charge on any atom is 0.341 e. The fourth-order valence-corrected chi connectivity index (χ4v) is 1.76. The van der Waals surface area contributed by atoms with E-state index in [4.69, 9.17) is 9.84 Å². The molecule has 0 amide bonds. The van der Waals surface area contributed by atoms with Gasteiger partial charge in [0.1, 0.15) is 17.1 Å². The fraction of sp³-hybridized carbons (Fsp3) is 0.143. The Bertz CT molecular complexity index is 620. The first-order chi connectivity index (χ1) is 8.95. The van der Waals surface area contributed by atoms with Crippen molar-refractivity contribution in [2.45, 2.75) is 13.8 Å². The van der Waals surface area contributed by atoms with Gasteiger partial charge in [0.25, 0.3) is 0 Å². The van der Waals surface area contributed by atoms with Crippen molar-refractivity contribution in [3.05, 3.63) is 53.0 Å². The molecule has 0 saturated heterocycles. The molecule has 1 N–H and O–H groups in total. The van der Waals surface area contributed by atoms with Gasteiger partial charge in [0, 0.05) is 0 Å². The topological polar surface area (TPSA) is 59.4 Å². The van der Waals surface area contributed by atoms with Gasteiger partial charge in [-0.3, -0.25) is 0 Å². The van der Waals surface area contributed by atoms with E-state index in [9.17, 15) is 9.18 Å². The minimum Gasteiger partial charge on any atom is -0.477 e. The second kappa shape index (κ2) is 5.06. The molecule has 0 unspecified atom stereocenters. The number of aromatic nitrogens is 1. The predicted octanol–water partition coefficient (Wildman–Crippen LogP) is 3.33. The van der Waals surface area contributed by atoms with E-state index in [0.29, 0.717) is 5.75 Å². The van der Waals surface area contributed by atoms with E-state index >= 15 is 0 Å². The number of hydrogen-bond acceptors (Lipinski definition) is 3. The molecule has 19 heavy (non-hydrogen) atoms. The van der Waals surface area contributed by atoms with Crippen LogP contribution in [0, 0.1) is 19.7 Å². The van der Waals surface area contributed by atoms with Gasteiger partial charge in [0.2, 0.25) is 5.88 Å². The lowest BCUT2D eigenvalue weighted by Crippen LogP contribution is -2.03. The predicted molar refractivity (Wildman–Crippen MR) is 67.1 cm³/mol. The molecule has 0 radical (unpaired) electrons. The largest absolute Gasteiger partial charge is 0.477 e. The SMILES string of the molecule is Cc1cc(C)cc(Oc2ncc(F)cc2C(=O)O)c1. The second-order valence-corrected chi connectivity index (χ2v) is 4.24. The Kier molecular flexibility index (Phi) is 3.46. The van der Waals surface area contributed by atoms with Gasteiger partial charge in [-0.1, -0.05) is 6.07 Å². The summed E-state index contributed by atoms with van der Waals surface area (Å²) in [7, 11) is 0. The molecule has 1 heterocycles. The van der Waals surface area contributed by atoms with Crippen LogP contribution in [0.25, 0.3) is 0 Å². The number of carbonyl (C=O) groups is 1. The summed E-state index contributed by atoms with van der Waals surface area (Å²) < 4.78 is 18.4. The van der Waals surface area contributed by atoms with Crippen LogP contribution in [0.5, 0.6) is 11.6 Å². The minimum absolute atomic E-state index is 0.126. The van der Waals surface area contributed by atoms with Crippen LogP contribution >= 0.6 is 0 Å². The lowest BCUT2D eigenvalue weighted by Gasteiger charge is -2.09. The summed E-state index contributed by atoms with van der Waals surface area (Å²) in [4.78, 5) is 14.7. The van der Waals surface area contributed by atoms with Crippen LogP contribution in [-0.2, 0) is 0 Å². The first kappa shape index (κ1) is 13.0. The number of carboxylic acids is 1. The van der Waals surface area contributed by atoms with Crippen molar-refractivity contribution < 1.29 is 19.0 Å². The maximum absolute atomic E-state index is 13.0. The van der Waals surface area contributed by atoms with Crippen molar-refractivity contribution >= 4 is 5.97 Å². The summed E-state index contributed by atoms with van der Waals surface area (Å²) in [6, 6.07) is 6.35. The van der Waals surface area contributed by atoms with Gasteiger partial charge in [-0.15, -0.1) is 0 Å². The molecule has 0 atom stereocenters. The highest BCUT2D eigenvalue weighted by molar-refractivity contribution is 5.90. The third-order valence-electron chi connectivity index (χ3n) is 2.46.